The second-order valence-electron chi connectivity index (χ2n) is 7.50. The summed E-state index contributed by atoms with van der Waals surface area (Å²) in [5.74, 6) is 0. The maximum Gasteiger partial charge on any atom is 1.00 e. The molecular weight excluding hydrogens is 804 g/mol. The Morgan fingerprint density at radius 3 is 0.788 bits per heavy atom. The smallest absolute Gasteiger partial charge is 0.358 e. The van der Waals surface area contributed by atoms with Gasteiger partial charge in [-0.2, -0.15) is 0 Å². The molecule has 5 rings (SSSR count). The number of hydrogen-bond donors (Lipinski definition) is 0. The Balaban J connectivity index is 0.00000136. The van der Waals surface area contributed by atoms with E-state index in [1.165, 1.54) is 34.1 Å². The van der Waals surface area contributed by atoms with Crippen LogP contribution in [0.1, 0.15) is 12.8 Å². The van der Waals surface area contributed by atoms with Gasteiger partial charge in [-0.25, -0.2) is 0 Å². The van der Waals surface area contributed by atoms with Crippen LogP contribution in [0.2, 0.25) is 0 Å². The van der Waals surface area contributed by atoms with E-state index in [2.05, 4.69) is 121 Å². The Morgan fingerprint density at radius 1 is 0.394 bits per heavy atom. The third-order valence-electron chi connectivity index (χ3n) is 5.59. The average Bonchev–Trinajstić information content (AvgIpc) is 3.58. The molecule has 4 aromatic rings. The molecule has 0 aromatic heterocycles. The fourth-order valence-corrected chi connectivity index (χ4v) is 11.9. The van der Waals surface area contributed by atoms with Crippen LogP contribution in [0.3, 0.4) is 0 Å². The zero-order valence-corrected chi connectivity index (χ0v) is 25.1. The van der Waals surface area contributed by atoms with Crippen molar-refractivity contribution in [2.75, 3.05) is 0 Å². The quantitative estimate of drug-likeness (QED) is 0.116. The predicted molar refractivity (Wildman–Crippen MR) is 143 cm³/mol. The van der Waals surface area contributed by atoms with Crippen molar-refractivity contribution in [2.24, 2.45) is 0 Å². The topological polar surface area (TPSA) is 0 Å². The van der Waals surface area contributed by atoms with E-state index in [1.54, 1.807) is 0 Å². The second kappa shape index (κ2) is 13.9. The Labute approximate surface area is 234 Å². The maximum absolute atomic E-state index is 2.35. The second-order valence-corrected chi connectivity index (χ2v) is 13.0. The zero-order chi connectivity index (χ0) is 19.5. The number of rotatable bonds is 6. The van der Waals surface area contributed by atoms with Crippen LogP contribution < -0.4 is 21.2 Å². The molecule has 0 atom stereocenters. The number of hydrogen-bond acceptors (Lipinski definition) is 0. The van der Waals surface area contributed by atoms with Gasteiger partial charge in [0.2, 0.25) is 0 Å². The van der Waals surface area contributed by atoms with Gasteiger partial charge in [-0.05, 0) is 49.9 Å². The number of benzene rings is 4. The maximum atomic E-state index is 2.35. The molecule has 0 bridgehead atoms. The Morgan fingerprint density at radius 2 is 0.606 bits per heavy atom. The van der Waals surface area contributed by atoms with Gasteiger partial charge >= 0.3 is 44.8 Å². The molecular formula is C29H30Au2P2. The van der Waals surface area contributed by atoms with Gasteiger partial charge < -0.3 is 14.9 Å². The van der Waals surface area contributed by atoms with Crippen LogP contribution in [0.15, 0.2) is 121 Å². The first-order valence-electron chi connectivity index (χ1n) is 10.2. The molecule has 1 aliphatic rings. The van der Waals surface area contributed by atoms with Crippen molar-refractivity contribution in [1.82, 2.24) is 0 Å². The third kappa shape index (κ3) is 6.46. The van der Waals surface area contributed by atoms with Crippen molar-refractivity contribution >= 4 is 37.1 Å². The zero-order valence-electron chi connectivity index (χ0n) is 19.0. The summed E-state index contributed by atoms with van der Waals surface area (Å²) in [6.45, 7) is 0. The molecule has 4 aromatic carbocycles. The third-order valence-corrected chi connectivity index (χ3v) is 12.6. The van der Waals surface area contributed by atoms with Gasteiger partial charge in [-0.3, -0.25) is 0 Å². The Kier molecular flexibility index (Phi) is 12.8. The Hall–Kier alpha value is -0.779. The van der Waals surface area contributed by atoms with Gasteiger partial charge in [-0.1, -0.05) is 121 Å². The molecule has 4 heteroatoms. The molecule has 0 N–H and O–H groups in total. The molecule has 0 saturated heterocycles. The van der Waals surface area contributed by atoms with Crippen LogP contribution in [0, 0.1) is 14.9 Å². The van der Waals surface area contributed by atoms with Crippen LogP contribution in [0.25, 0.3) is 0 Å². The summed E-state index contributed by atoms with van der Waals surface area (Å²) in [4.78, 5) is 0.329. The summed E-state index contributed by atoms with van der Waals surface area (Å²) in [5, 5.41) is 6.02. The van der Waals surface area contributed by atoms with Crippen molar-refractivity contribution in [3.05, 3.63) is 136 Å². The predicted octanol–water partition coefficient (Wildman–Crippen LogP) is 6.64. The van der Waals surface area contributed by atoms with E-state index >= 15 is 0 Å². The van der Waals surface area contributed by atoms with E-state index in [9.17, 15) is 0 Å². The minimum atomic E-state index is -0.441. The molecule has 0 radical (unpaired) electrons. The van der Waals surface area contributed by atoms with Crippen LogP contribution in [0.4, 0.5) is 0 Å². The normalized spacial score (nSPS) is 13.0. The van der Waals surface area contributed by atoms with E-state index in [0.29, 0.717) is 4.90 Å². The summed E-state index contributed by atoms with van der Waals surface area (Å²) < 4.78 is 0. The fourth-order valence-electron chi connectivity index (χ4n) is 4.23. The van der Waals surface area contributed by atoms with Crippen LogP contribution in [-0.2, 0) is 44.8 Å². The largest absolute Gasteiger partial charge is 1.00 e. The van der Waals surface area contributed by atoms with E-state index in [-0.39, 0.29) is 59.6 Å². The molecule has 0 spiro atoms. The van der Waals surface area contributed by atoms with E-state index in [0.717, 1.165) is 0 Å². The molecule has 1 aliphatic carbocycles. The molecule has 0 nitrogen and oxygen atoms in total. The minimum Gasteiger partial charge on any atom is -0.358 e. The molecule has 0 heterocycles. The van der Waals surface area contributed by atoms with Gasteiger partial charge in [0.1, 0.15) is 0 Å². The summed E-state index contributed by atoms with van der Waals surface area (Å²) in [5.41, 5.74) is 0. The molecule has 0 amide bonds. The molecule has 0 unspecified atom stereocenters. The van der Waals surface area contributed by atoms with Crippen molar-refractivity contribution < 1.29 is 44.8 Å². The molecule has 178 valence electrons. The van der Waals surface area contributed by atoms with Crippen molar-refractivity contribution in [3.8, 4) is 0 Å². The average molecular weight is 834 g/mol. The van der Waals surface area contributed by atoms with Gasteiger partial charge in [0.05, 0.1) is 0 Å². The summed E-state index contributed by atoms with van der Waals surface area (Å²) in [6.07, 6.45) is 2.61. The molecule has 33 heavy (non-hydrogen) atoms. The van der Waals surface area contributed by atoms with Crippen molar-refractivity contribution in [2.45, 2.75) is 17.7 Å². The van der Waals surface area contributed by atoms with E-state index in [1.807, 2.05) is 0 Å². The first-order chi connectivity index (χ1) is 14.4. The van der Waals surface area contributed by atoms with Crippen LogP contribution in [0.5, 0.6) is 0 Å². The molecule has 1 fully saturated rings. The summed E-state index contributed by atoms with van der Waals surface area (Å²) >= 11 is 0. The standard InChI is InChI=1S/C27H24P2.2CH3.2Au/c1-5-13-23(14-6-1)28(24-15-7-2-8-16-24)27(21-22-27)29(25-17-9-3-10-18-25)26-19-11-4-12-20-26;;;;/h1-20H,21-22H2;2*1H3;;/q;2*-1;2*+1. The monoisotopic (exact) mass is 834 g/mol. The minimum absolute atomic E-state index is 0. The van der Waals surface area contributed by atoms with Gasteiger partial charge in [0.15, 0.2) is 0 Å². The van der Waals surface area contributed by atoms with Crippen molar-refractivity contribution in [3.63, 3.8) is 0 Å². The first kappa shape index (κ1) is 30.3. The van der Waals surface area contributed by atoms with Gasteiger partial charge in [0.25, 0.3) is 0 Å². The Bertz CT molecular complexity index is 890. The van der Waals surface area contributed by atoms with Gasteiger partial charge in [0, 0.05) is 4.90 Å². The van der Waals surface area contributed by atoms with Gasteiger partial charge in [-0.15, -0.1) is 0 Å². The van der Waals surface area contributed by atoms with Crippen LogP contribution in [-0.4, -0.2) is 4.90 Å². The fraction of sp³-hybridized carbons (Fsp3) is 0.103. The van der Waals surface area contributed by atoms with Crippen molar-refractivity contribution in [1.29, 1.82) is 0 Å². The SMILES string of the molecule is [Au+].[Au+].[CH3-].[CH3-].c1ccc(P(c2ccccc2)C2(P(c3ccccc3)c3ccccc3)CC2)cc1. The first-order valence-corrected chi connectivity index (χ1v) is 12.9. The summed E-state index contributed by atoms with van der Waals surface area (Å²) in [6, 6.07) is 45.0. The van der Waals surface area contributed by atoms with E-state index < -0.39 is 15.8 Å². The molecule has 0 aliphatic heterocycles. The van der Waals surface area contributed by atoms with E-state index in [4.69, 9.17) is 0 Å². The summed E-state index contributed by atoms with van der Waals surface area (Å²) in [7, 11) is -0.882. The molecule has 1 saturated carbocycles. The van der Waals surface area contributed by atoms with Crippen LogP contribution >= 0.6 is 15.8 Å².